The molecule has 0 radical (unpaired) electrons. The predicted molar refractivity (Wildman–Crippen MR) is 65.1 cm³/mol. The first kappa shape index (κ1) is 14.7. The van der Waals surface area contributed by atoms with Gasteiger partial charge in [-0.05, 0) is 12.8 Å². The summed E-state index contributed by atoms with van der Waals surface area (Å²) in [4.78, 5) is 23.7. The van der Waals surface area contributed by atoms with Gasteiger partial charge in [-0.15, -0.1) is 0 Å². The molecule has 0 spiro atoms. The second-order valence-corrected chi connectivity index (χ2v) is 6.69. The van der Waals surface area contributed by atoms with Gasteiger partial charge in [0.1, 0.15) is 9.84 Å². The van der Waals surface area contributed by atoms with Crippen LogP contribution in [0.15, 0.2) is 0 Å². The van der Waals surface area contributed by atoms with Crippen molar-refractivity contribution < 1.29 is 23.1 Å². The first-order chi connectivity index (χ1) is 8.29. The molecule has 1 saturated carbocycles. The maximum atomic E-state index is 11.8. The van der Waals surface area contributed by atoms with E-state index in [1.165, 1.54) is 4.90 Å². The fourth-order valence-corrected chi connectivity index (χ4v) is 1.97. The molecule has 18 heavy (non-hydrogen) atoms. The van der Waals surface area contributed by atoms with E-state index in [4.69, 9.17) is 5.11 Å². The lowest BCUT2D eigenvalue weighted by Crippen LogP contribution is -2.43. The maximum absolute atomic E-state index is 11.8. The van der Waals surface area contributed by atoms with Crippen LogP contribution in [-0.2, 0) is 14.6 Å². The van der Waals surface area contributed by atoms with E-state index in [0.29, 0.717) is 0 Å². The minimum Gasteiger partial charge on any atom is -0.481 e. The average Bonchev–Trinajstić information content (AvgIpc) is 2.99. The Balaban J connectivity index is 2.37. The number of sulfone groups is 1. The summed E-state index contributed by atoms with van der Waals surface area (Å²) in [5.41, 5.74) is 0. The summed E-state index contributed by atoms with van der Waals surface area (Å²) in [7, 11) is -3.10. The molecule has 0 unspecified atom stereocenters. The average molecular weight is 278 g/mol. The molecule has 0 aliphatic heterocycles. The van der Waals surface area contributed by atoms with Gasteiger partial charge in [-0.25, -0.2) is 13.2 Å². The second kappa shape index (κ2) is 6.03. The van der Waals surface area contributed by atoms with E-state index in [1.807, 2.05) is 0 Å². The molecule has 1 rings (SSSR count). The fraction of sp³-hybridized carbons (Fsp3) is 0.800. The largest absolute Gasteiger partial charge is 0.481 e. The van der Waals surface area contributed by atoms with E-state index in [1.54, 1.807) is 0 Å². The molecule has 1 aliphatic rings. The number of carbonyl (C=O) groups excluding carboxylic acids is 1. The Morgan fingerprint density at radius 1 is 1.39 bits per heavy atom. The van der Waals surface area contributed by atoms with Crippen molar-refractivity contribution in [3.8, 4) is 0 Å². The van der Waals surface area contributed by atoms with Crippen LogP contribution in [0.4, 0.5) is 4.79 Å². The molecule has 0 aromatic heterocycles. The summed E-state index contributed by atoms with van der Waals surface area (Å²) in [6.45, 7) is 0.207. The van der Waals surface area contributed by atoms with Gasteiger partial charge < -0.3 is 15.3 Å². The second-order valence-electron chi connectivity index (χ2n) is 4.43. The Labute approximate surface area is 106 Å². The maximum Gasteiger partial charge on any atom is 0.317 e. The van der Waals surface area contributed by atoms with E-state index in [-0.39, 0.29) is 37.3 Å². The molecule has 8 heteroatoms. The Morgan fingerprint density at radius 2 is 2.00 bits per heavy atom. The van der Waals surface area contributed by atoms with Gasteiger partial charge >= 0.3 is 12.0 Å². The molecule has 7 nitrogen and oxygen atoms in total. The molecule has 0 aromatic rings. The van der Waals surface area contributed by atoms with Crippen LogP contribution >= 0.6 is 0 Å². The van der Waals surface area contributed by atoms with Crippen molar-refractivity contribution in [1.82, 2.24) is 10.2 Å². The van der Waals surface area contributed by atoms with Crippen LogP contribution in [0, 0.1) is 0 Å². The standard InChI is InChI=1S/C10H18N2O5S/c1-18(16,17)7-5-11-10(15)12(8-2-3-8)6-4-9(13)14/h8H,2-7H2,1H3,(H,11,15)(H,13,14). The quantitative estimate of drug-likeness (QED) is 0.664. The number of aliphatic carboxylic acids is 1. The molecular weight excluding hydrogens is 260 g/mol. The van der Waals surface area contributed by atoms with Crippen molar-refractivity contribution in [2.75, 3.05) is 25.1 Å². The summed E-state index contributed by atoms with van der Waals surface area (Å²) in [6.07, 6.45) is 2.75. The van der Waals surface area contributed by atoms with E-state index in [9.17, 15) is 18.0 Å². The molecule has 2 N–H and O–H groups in total. The van der Waals surface area contributed by atoms with E-state index in [0.717, 1.165) is 19.1 Å². The zero-order chi connectivity index (χ0) is 13.8. The zero-order valence-corrected chi connectivity index (χ0v) is 11.1. The molecule has 0 saturated heterocycles. The number of nitrogens with one attached hydrogen (secondary N) is 1. The van der Waals surface area contributed by atoms with Crippen LogP contribution < -0.4 is 5.32 Å². The van der Waals surface area contributed by atoms with Gasteiger partial charge in [-0.2, -0.15) is 0 Å². The number of urea groups is 1. The number of rotatable bonds is 7. The highest BCUT2D eigenvalue weighted by atomic mass is 32.2. The van der Waals surface area contributed by atoms with E-state index < -0.39 is 15.8 Å². The topological polar surface area (TPSA) is 104 Å². The number of nitrogens with zero attached hydrogens (tertiary/aromatic N) is 1. The molecule has 0 heterocycles. The predicted octanol–water partition coefficient (Wildman–Crippen LogP) is -0.320. The van der Waals surface area contributed by atoms with Crippen molar-refractivity contribution in [2.24, 2.45) is 0 Å². The van der Waals surface area contributed by atoms with Gasteiger partial charge in [0.15, 0.2) is 0 Å². The van der Waals surface area contributed by atoms with Gasteiger partial charge in [0.25, 0.3) is 0 Å². The summed E-state index contributed by atoms with van der Waals surface area (Å²) in [5, 5.41) is 11.1. The third kappa shape index (κ3) is 5.85. The lowest BCUT2D eigenvalue weighted by Gasteiger charge is -2.21. The zero-order valence-electron chi connectivity index (χ0n) is 10.3. The SMILES string of the molecule is CS(=O)(=O)CCNC(=O)N(CCC(=O)O)C1CC1. The van der Waals surface area contributed by atoms with Crippen molar-refractivity contribution in [1.29, 1.82) is 0 Å². The Morgan fingerprint density at radius 3 is 2.44 bits per heavy atom. The van der Waals surface area contributed by atoms with Crippen molar-refractivity contribution in [2.45, 2.75) is 25.3 Å². The highest BCUT2D eigenvalue weighted by Crippen LogP contribution is 2.26. The molecular formula is C10H18N2O5S. The van der Waals surface area contributed by atoms with Gasteiger partial charge in [-0.1, -0.05) is 0 Å². The van der Waals surface area contributed by atoms with Crippen molar-refractivity contribution in [3.63, 3.8) is 0 Å². The normalized spacial score (nSPS) is 15.2. The molecule has 2 amide bonds. The number of carboxylic acid groups (broad SMARTS) is 1. The summed E-state index contributed by atoms with van der Waals surface area (Å²) >= 11 is 0. The van der Waals surface area contributed by atoms with Crippen LogP contribution in [0.1, 0.15) is 19.3 Å². The number of hydrogen-bond acceptors (Lipinski definition) is 4. The van der Waals surface area contributed by atoms with Crippen molar-refractivity contribution >= 4 is 21.8 Å². The van der Waals surface area contributed by atoms with Gasteiger partial charge in [0.2, 0.25) is 0 Å². The lowest BCUT2D eigenvalue weighted by atomic mass is 10.4. The van der Waals surface area contributed by atoms with Gasteiger partial charge in [-0.3, -0.25) is 4.79 Å². The first-order valence-corrected chi connectivity index (χ1v) is 7.79. The molecule has 0 bridgehead atoms. The van der Waals surface area contributed by atoms with Crippen LogP contribution in [0.3, 0.4) is 0 Å². The molecule has 0 aromatic carbocycles. The number of carboxylic acids is 1. The monoisotopic (exact) mass is 278 g/mol. The molecule has 1 fully saturated rings. The van der Waals surface area contributed by atoms with Crippen LogP contribution in [-0.4, -0.2) is 61.6 Å². The molecule has 0 atom stereocenters. The fourth-order valence-electron chi connectivity index (χ4n) is 1.50. The van der Waals surface area contributed by atoms with Crippen LogP contribution in [0.25, 0.3) is 0 Å². The number of carbonyl (C=O) groups is 2. The minimum atomic E-state index is -3.10. The summed E-state index contributed by atoms with van der Waals surface area (Å²) in [5.74, 6) is -1.07. The third-order valence-electron chi connectivity index (χ3n) is 2.56. The summed E-state index contributed by atoms with van der Waals surface area (Å²) < 4.78 is 21.8. The van der Waals surface area contributed by atoms with Gasteiger partial charge in [0.05, 0.1) is 12.2 Å². The Bertz CT molecular complexity index is 416. The third-order valence-corrected chi connectivity index (χ3v) is 3.51. The lowest BCUT2D eigenvalue weighted by molar-refractivity contribution is -0.137. The van der Waals surface area contributed by atoms with E-state index >= 15 is 0 Å². The van der Waals surface area contributed by atoms with E-state index in [2.05, 4.69) is 5.32 Å². The minimum absolute atomic E-state index is 0.0496. The summed E-state index contributed by atoms with van der Waals surface area (Å²) in [6, 6.07) is -0.287. The molecule has 104 valence electrons. The van der Waals surface area contributed by atoms with Crippen molar-refractivity contribution in [3.05, 3.63) is 0 Å². The number of hydrogen-bond donors (Lipinski definition) is 2. The first-order valence-electron chi connectivity index (χ1n) is 5.73. The Hall–Kier alpha value is -1.31. The number of amides is 2. The van der Waals surface area contributed by atoms with Gasteiger partial charge in [0, 0.05) is 25.4 Å². The molecule has 1 aliphatic carbocycles. The highest BCUT2D eigenvalue weighted by Gasteiger charge is 2.32. The van der Waals surface area contributed by atoms with Crippen LogP contribution in [0.5, 0.6) is 0 Å². The Kier molecular flexibility index (Phi) is 4.94. The van der Waals surface area contributed by atoms with Crippen LogP contribution in [0.2, 0.25) is 0 Å². The highest BCUT2D eigenvalue weighted by molar-refractivity contribution is 7.90. The smallest absolute Gasteiger partial charge is 0.317 e.